The van der Waals surface area contributed by atoms with Gasteiger partial charge in [-0.2, -0.15) is 5.10 Å². The standard InChI is InChI=1S/C22H17F2N3O2S/c23-22(24)18-14-20(17-12-10-16(11-13-17)15-6-2-1-3-7-15)27(26-18)19-8-4-5-9-21(19)30(25,28)29/h1-14,22H,(H2,25,28,29). The molecule has 0 fully saturated rings. The molecular weight excluding hydrogens is 408 g/mol. The molecule has 5 nitrogen and oxygen atoms in total. The van der Waals surface area contributed by atoms with Crippen molar-refractivity contribution in [1.82, 2.24) is 9.78 Å². The summed E-state index contributed by atoms with van der Waals surface area (Å²) in [6.07, 6.45) is -2.81. The highest BCUT2D eigenvalue weighted by Crippen LogP contribution is 2.31. The summed E-state index contributed by atoms with van der Waals surface area (Å²) >= 11 is 0. The Balaban J connectivity index is 1.86. The molecule has 0 aliphatic carbocycles. The van der Waals surface area contributed by atoms with Gasteiger partial charge < -0.3 is 0 Å². The lowest BCUT2D eigenvalue weighted by atomic mass is 10.0. The lowest BCUT2D eigenvalue weighted by Crippen LogP contribution is -2.16. The van der Waals surface area contributed by atoms with Crippen molar-refractivity contribution >= 4 is 10.0 Å². The van der Waals surface area contributed by atoms with Crippen LogP contribution in [0.4, 0.5) is 8.78 Å². The Morgan fingerprint density at radius 1 is 0.800 bits per heavy atom. The SMILES string of the molecule is NS(=O)(=O)c1ccccc1-n1nc(C(F)F)cc1-c1ccc(-c2ccccc2)cc1. The maximum Gasteiger partial charge on any atom is 0.282 e. The van der Waals surface area contributed by atoms with Crippen molar-refractivity contribution in [2.45, 2.75) is 11.3 Å². The largest absolute Gasteiger partial charge is 0.282 e. The predicted molar refractivity (Wildman–Crippen MR) is 111 cm³/mol. The van der Waals surface area contributed by atoms with E-state index in [0.717, 1.165) is 11.1 Å². The number of hydrogen-bond acceptors (Lipinski definition) is 3. The van der Waals surface area contributed by atoms with Crippen LogP contribution in [0.1, 0.15) is 12.1 Å². The van der Waals surface area contributed by atoms with Crippen molar-refractivity contribution in [2.24, 2.45) is 5.14 Å². The maximum atomic E-state index is 13.4. The fourth-order valence-electron chi connectivity index (χ4n) is 3.23. The van der Waals surface area contributed by atoms with Crippen LogP contribution < -0.4 is 5.14 Å². The van der Waals surface area contributed by atoms with E-state index in [2.05, 4.69) is 5.10 Å². The normalized spacial score (nSPS) is 11.7. The molecule has 2 N–H and O–H groups in total. The molecule has 0 saturated carbocycles. The van der Waals surface area contributed by atoms with E-state index in [1.165, 1.54) is 28.9 Å². The molecule has 1 aromatic heterocycles. The van der Waals surface area contributed by atoms with Gasteiger partial charge in [-0.15, -0.1) is 0 Å². The second-order valence-electron chi connectivity index (χ2n) is 6.62. The zero-order valence-corrected chi connectivity index (χ0v) is 16.4. The van der Waals surface area contributed by atoms with Crippen LogP contribution in [0.5, 0.6) is 0 Å². The molecule has 152 valence electrons. The van der Waals surface area contributed by atoms with Gasteiger partial charge in [-0.3, -0.25) is 0 Å². The van der Waals surface area contributed by atoms with Crippen LogP contribution in [0.3, 0.4) is 0 Å². The third-order valence-electron chi connectivity index (χ3n) is 4.64. The van der Waals surface area contributed by atoms with Crippen LogP contribution in [-0.4, -0.2) is 18.2 Å². The zero-order valence-electron chi connectivity index (χ0n) is 15.6. The van der Waals surface area contributed by atoms with Gasteiger partial charge in [-0.05, 0) is 29.3 Å². The summed E-state index contributed by atoms with van der Waals surface area (Å²) in [6.45, 7) is 0. The quantitative estimate of drug-likeness (QED) is 0.499. The Morgan fingerprint density at radius 2 is 1.37 bits per heavy atom. The van der Waals surface area contributed by atoms with E-state index in [1.54, 1.807) is 18.2 Å². The van der Waals surface area contributed by atoms with E-state index in [9.17, 15) is 17.2 Å². The molecule has 3 aromatic carbocycles. The first-order valence-electron chi connectivity index (χ1n) is 9.01. The molecule has 0 spiro atoms. The molecule has 0 bridgehead atoms. The first-order chi connectivity index (χ1) is 14.3. The summed E-state index contributed by atoms with van der Waals surface area (Å²) in [7, 11) is -4.08. The predicted octanol–water partition coefficient (Wildman–Crippen LogP) is 4.79. The molecule has 1 heterocycles. The van der Waals surface area contributed by atoms with Crippen molar-refractivity contribution in [1.29, 1.82) is 0 Å². The van der Waals surface area contributed by atoms with Gasteiger partial charge >= 0.3 is 0 Å². The molecule has 4 rings (SSSR count). The number of nitrogens with two attached hydrogens (primary N) is 1. The highest BCUT2D eigenvalue weighted by atomic mass is 32.2. The average molecular weight is 425 g/mol. The summed E-state index contributed by atoms with van der Waals surface area (Å²) in [5.74, 6) is 0. The van der Waals surface area contributed by atoms with Crippen LogP contribution in [0.2, 0.25) is 0 Å². The fourth-order valence-corrected chi connectivity index (χ4v) is 3.95. The van der Waals surface area contributed by atoms with E-state index in [4.69, 9.17) is 5.14 Å². The van der Waals surface area contributed by atoms with Gasteiger partial charge in [-0.25, -0.2) is 27.0 Å². The smallest absolute Gasteiger partial charge is 0.231 e. The van der Waals surface area contributed by atoms with E-state index in [-0.39, 0.29) is 10.6 Å². The number of para-hydroxylation sites is 1. The third-order valence-corrected chi connectivity index (χ3v) is 5.60. The number of aromatic nitrogens is 2. The van der Waals surface area contributed by atoms with E-state index >= 15 is 0 Å². The van der Waals surface area contributed by atoms with Crippen LogP contribution >= 0.6 is 0 Å². The molecular formula is C22H17F2N3O2S. The van der Waals surface area contributed by atoms with Crippen LogP contribution in [0, 0.1) is 0 Å². The number of sulfonamides is 1. The van der Waals surface area contributed by atoms with Crippen molar-refractivity contribution in [3.63, 3.8) is 0 Å². The zero-order chi connectivity index (χ0) is 21.3. The number of halogens is 2. The lowest BCUT2D eigenvalue weighted by molar-refractivity contribution is 0.145. The summed E-state index contributed by atoms with van der Waals surface area (Å²) in [4.78, 5) is -0.198. The average Bonchev–Trinajstić information content (AvgIpc) is 3.20. The summed E-state index contributed by atoms with van der Waals surface area (Å²) in [5, 5.41) is 9.28. The van der Waals surface area contributed by atoms with E-state index in [0.29, 0.717) is 11.3 Å². The monoisotopic (exact) mass is 425 g/mol. The topological polar surface area (TPSA) is 78.0 Å². The number of hydrogen-bond donors (Lipinski definition) is 1. The maximum absolute atomic E-state index is 13.4. The Hall–Kier alpha value is -3.36. The Labute approximate surface area is 172 Å². The molecule has 8 heteroatoms. The molecule has 0 unspecified atom stereocenters. The van der Waals surface area contributed by atoms with Crippen molar-refractivity contribution < 1.29 is 17.2 Å². The Kier molecular flexibility index (Phi) is 5.19. The van der Waals surface area contributed by atoms with Gasteiger partial charge in [0, 0.05) is 5.56 Å². The minimum atomic E-state index is -4.08. The first kappa shape index (κ1) is 19.9. The molecule has 0 amide bonds. The molecule has 0 atom stereocenters. The van der Waals surface area contributed by atoms with Crippen molar-refractivity contribution in [2.75, 3.05) is 0 Å². The second kappa shape index (κ2) is 7.81. The number of nitrogens with zero attached hydrogens (tertiary/aromatic N) is 2. The molecule has 4 aromatic rings. The fraction of sp³-hybridized carbons (Fsp3) is 0.0455. The van der Waals surface area contributed by atoms with Gasteiger partial charge in [0.25, 0.3) is 6.43 Å². The lowest BCUT2D eigenvalue weighted by Gasteiger charge is -2.12. The highest BCUT2D eigenvalue weighted by Gasteiger charge is 2.22. The van der Waals surface area contributed by atoms with Gasteiger partial charge in [-0.1, -0.05) is 66.7 Å². The molecule has 0 radical (unpaired) electrons. The molecule has 30 heavy (non-hydrogen) atoms. The third kappa shape index (κ3) is 3.87. The number of rotatable bonds is 5. The second-order valence-corrected chi connectivity index (χ2v) is 8.15. The van der Waals surface area contributed by atoms with Gasteiger partial charge in [0.1, 0.15) is 10.6 Å². The van der Waals surface area contributed by atoms with Crippen molar-refractivity contribution in [3.8, 4) is 28.1 Å². The number of benzene rings is 3. The highest BCUT2D eigenvalue weighted by molar-refractivity contribution is 7.89. The van der Waals surface area contributed by atoms with Gasteiger partial charge in [0.2, 0.25) is 10.0 Å². The van der Waals surface area contributed by atoms with Crippen molar-refractivity contribution in [3.05, 3.63) is 90.6 Å². The number of primary sulfonamides is 1. The summed E-state index contributed by atoms with van der Waals surface area (Å²) < 4.78 is 52.0. The minimum Gasteiger partial charge on any atom is -0.231 e. The molecule has 0 aliphatic rings. The Bertz CT molecular complexity index is 1290. The Morgan fingerprint density at radius 3 is 2.00 bits per heavy atom. The molecule has 0 saturated heterocycles. The van der Waals surface area contributed by atoms with Crippen LogP contribution in [0.15, 0.2) is 89.8 Å². The summed E-state index contributed by atoms with van der Waals surface area (Å²) in [5.41, 5.74) is 2.57. The van der Waals surface area contributed by atoms with Gasteiger partial charge in [0.05, 0.1) is 11.4 Å². The first-order valence-corrected chi connectivity index (χ1v) is 10.6. The van der Waals surface area contributed by atoms with Crippen LogP contribution in [-0.2, 0) is 10.0 Å². The van der Waals surface area contributed by atoms with Gasteiger partial charge in [0.15, 0.2) is 0 Å². The molecule has 0 aliphatic heterocycles. The minimum absolute atomic E-state index is 0.106. The number of alkyl halides is 2. The van der Waals surface area contributed by atoms with E-state index in [1.807, 2.05) is 42.5 Å². The van der Waals surface area contributed by atoms with Crippen LogP contribution in [0.25, 0.3) is 28.1 Å². The van der Waals surface area contributed by atoms with E-state index < -0.39 is 22.1 Å². The summed E-state index contributed by atoms with van der Waals surface area (Å²) in [6, 6.07) is 24.2.